The lowest BCUT2D eigenvalue weighted by atomic mass is 10.2. The molecule has 0 radical (unpaired) electrons. The predicted octanol–water partition coefficient (Wildman–Crippen LogP) is 4.67. The molecule has 2 aromatic carbocycles. The molecular weight excluding hydrogens is 314 g/mol. The number of ether oxygens (including phenoxy) is 2. The normalized spacial score (nSPS) is 10.7. The van der Waals surface area contributed by atoms with Gasteiger partial charge < -0.3 is 9.47 Å². The van der Waals surface area contributed by atoms with Crippen LogP contribution in [0.1, 0.15) is 29.8 Å². The minimum absolute atomic E-state index is 0.337. The summed E-state index contributed by atoms with van der Waals surface area (Å²) in [6.07, 6.45) is 1.69. The van der Waals surface area contributed by atoms with Crippen molar-refractivity contribution in [2.24, 2.45) is 4.99 Å². The van der Waals surface area contributed by atoms with Crippen LogP contribution in [0.3, 0.4) is 0 Å². The van der Waals surface area contributed by atoms with Crippen LogP contribution in [-0.4, -0.2) is 25.4 Å². The van der Waals surface area contributed by atoms with E-state index in [1.807, 2.05) is 13.0 Å². The summed E-state index contributed by atoms with van der Waals surface area (Å²) in [6, 6.07) is 12.3. The number of carbonyl (C=O) groups is 1. The lowest BCUT2D eigenvalue weighted by molar-refractivity contribution is 0.0526. The molecule has 2 aromatic rings. The molecule has 0 amide bonds. The van der Waals surface area contributed by atoms with Crippen LogP contribution < -0.4 is 4.74 Å². The topological polar surface area (TPSA) is 47.9 Å². The van der Waals surface area contributed by atoms with Crippen molar-refractivity contribution >= 4 is 29.5 Å². The highest BCUT2D eigenvalue weighted by Crippen LogP contribution is 2.22. The van der Waals surface area contributed by atoms with Gasteiger partial charge in [-0.05, 0) is 56.3 Å². The van der Waals surface area contributed by atoms with Crippen LogP contribution in [0.15, 0.2) is 47.5 Å². The van der Waals surface area contributed by atoms with Crippen molar-refractivity contribution in [3.8, 4) is 5.75 Å². The number of nitrogens with zero attached hydrogens (tertiary/aromatic N) is 1. The molecule has 0 aliphatic carbocycles. The van der Waals surface area contributed by atoms with E-state index in [2.05, 4.69) is 4.99 Å². The number of aliphatic imine (C=N–C) groups is 1. The van der Waals surface area contributed by atoms with Gasteiger partial charge in [0.2, 0.25) is 0 Å². The molecular formula is C18H18ClNO3. The van der Waals surface area contributed by atoms with Crippen LogP contribution in [0.4, 0.5) is 5.69 Å². The van der Waals surface area contributed by atoms with E-state index in [9.17, 15) is 4.79 Å². The zero-order valence-electron chi connectivity index (χ0n) is 13.1. The lowest BCUT2D eigenvalue weighted by Gasteiger charge is -2.07. The van der Waals surface area contributed by atoms with Gasteiger partial charge in [0, 0.05) is 16.8 Å². The maximum Gasteiger partial charge on any atom is 0.338 e. The summed E-state index contributed by atoms with van der Waals surface area (Å²) in [5.74, 6) is 0.389. The van der Waals surface area contributed by atoms with E-state index < -0.39 is 0 Å². The number of esters is 1. The molecule has 0 fully saturated rings. The molecule has 120 valence electrons. The largest absolute Gasteiger partial charge is 0.493 e. The van der Waals surface area contributed by atoms with E-state index in [1.165, 1.54) is 0 Å². The smallest absolute Gasteiger partial charge is 0.338 e. The summed E-state index contributed by atoms with van der Waals surface area (Å²) in [7, 11) is 0. The van der Waals surface area contributed by atoms with E-state index >= 15 is 0 Å². The highest BCUT2D eigenvalue weighted by atomic mass is 35.5. The van der Waals surface area contributed by atoms with Crippen molar-refractivity contribution in [3.05, 3.63) is 58.6 Å². The van der Waals surface area contributed by atoms with Crippen LogP contribution in [0.5, 0.6) is 5.75 Å². The van der Waals surface area contributed by atoms with Gasteiger partial charge in [0.15, 0.2) is 0 Å². The van der Waals surface area contributed by atoms with Crippen LogP contribution in [0.25, 0.3) is 0 Å². The van der Waals surface area contributed by atoms with Gasteiger partial charge in [0.25, 0.3) is 0 Å². The van der Waals surface area contributed by atoms with E-state index in [-0.39, 0.29) is 5.97 Å². The number of benzene rings is 2. The molecule has 0 saturated heterocycles. The number of halogens is 1. The van der Waals surface area contributed by atoms with Crippen molar-refractivity contribution in [1.29, 1.82) is 0 Å². The summed E-state index contributed by atoms with van der Waals surface area (Å²) in [6.45, 7) is 4.62. The van der Waals surface area contributed by atoms with Crippen molar-refractivity contribution in [1.82, 2.24) is 0 Å². The van der Waals surface area contributed by atoms with Crippen LogP contribution in [-0.2, 0) is 4.74 Å². The first-order valence-electron chi connectivity index (χ1n) is 7.37. The molecule has 0 aliphatic heterocycles. The number of hydrogen-bond donors (Lipinski definition) is 0. The van der Waals surface area contributed by atoms with Gasteiger partial charge in [-0.3, -0.25) is 4.99 Å². The Morgan fingerprint density at radius 3 is 2.52 bits per heavy atom. The first-order chi connectivity index (χ1) is 11.1. The maximum atomic E-state index is 11.6. The van der Waals surface area contributed by atoms with Gasteiger partial charge in [0.1, 0.15) is 5.75 Å². The monoisotopic (exact) mass is 331 g/mol. The highest BCUT2D eigenvalue weighted by molar-refractivity contribution is 6.30. The van der Waals surface area contributed by atoms with Gasteiger partial charge >= 0.3 is 5.97 Å². The first-order valence-corrected chi connectivity index (χ1v) is 7.75. The van der Waals surface area contributed by atoms with Crippen molar-refractivity contribution in [2.45, 2.75) is 13.8 Å². The Bertz CT molecular complexity index is 696. The van der Waals surface area contributed by atoms with Gasteiger partial charge in [-0.25, -0.2) is 4.79 Å². The third-order valence-electron chi connectivity index (χ3n) is 3.00. The quantitative estimate of drug-likeness (QED) is 0.571. The van der Waals surface area contributed by atoms with E-state index in [0.717, 1.165) is 17.0 Å². The Labute approximate surface area is 140 Å². The van der Waals surface area contributed by atoms with E-state index in [4.69, 9.17) is 21.1 Å². The Hall–Kier alpha value is -2.33. The molecule has 0 heterocycles. The summed E-state index contributed by atoms with van der Waals surface area (Å²) < 4.78 is 10.5. The zero-order valence-corrected chi connectivity index (χ0v) is 13.8. The average Bonchev–Trinajstić information content (AvgIpc) is 2.56. The third-order valence-corrected chi connectivity index (χ3v) is 3.24. The molecule has 4 nitrogen and oxygen atoms in total. The molecule has 2 rings (SSSR count). The van der Waals surface area contributed by atoms with Gasteiger partial charge in [0.05, 0.1) is 24.5 Å². The Morgan fingerprint density at radius 1 is 1.13 bits per heavy atom. The number of rotatable bonds is 6. The molecule has 5 heteroatoms. The maximum absolute atomic E-state index is 11.6. The van der Waals surface area contributed by atoms with E-state index in [0.29, 0.717) is 23.8 Å². The van der Waals surface area contributed by atoms with Crippen LogP contribution in [0, 0.1) is 0 Å². The fraction of sp³-hybridized carbons (Fsp3) is 0.222. The Kier molecular flexibility index (Phi) is 6.18. The standard InChI is InChI=1S/C18H18ClNO3/c1-3-22-17-10-7-15(19)11-14(17)12-20-16-8-5-13(6-9-16)18(21)23-4-2/h5-12H,3-4H2,1-2H3. The molecule has 23 heavy (non-hydrogen) atoms. The molecule has 0 spiro atoms. The average molecular weight is 332 g/mol. The van der Waals surface area contributed by atoms with Crippen molar-refractivity contribution < 1.29 is 14.3 Å². The highest BCUT2D eigenvalue weighted by Gasteiger charge is 2.05. The van der Waals surface area contributed by atoms with Gasteiger partial charge in [-0.1, -0.05) is 11.6 Å². The summed E-state index contributed by atoms with van der Waals surface area (Å²) in [5.41, 5.74) is 2.03. The molecule has 0 atom stereocenters. The van der Waals surface area contributed by atoms with Crippen molar-refractivity contribution in [2.75, 3.05) is 13.2 Å². The summed E-state index contributed by atoms with van der Waals surface area (Å²) in [5, 5.41) is 0.618. The van der Waals surface area contributed by atoms with Crippen LogP contribution >= 0.6 is 11.6 Å². The summed E-state index contributed by atoms with van der Waals surface area (Å²) >= 11 is 6.02. The number of carbonyl (C=O) groups excluding carboxylic acids is 1. The van der Waals surface area contributed by atoms with Crippen LogP contribution in [0.2, 0.25) is 5.02 Å². The second-order valence-electron chi connectivity index (χ2n) is 4.64. The predicted molar refractivity (Wildman–Crippen MR) is 92.3 cm³/mol. The molecule has 0 unspecified atom stereocenters. The second kappa shape index (κ2) is 8.34. The lowest BCUT2D eigenvalue weighted by Crippen LogP contribution is -2.03. The molecule has 0 aromatic heterocycles. The van der Waals surface area contributed by atoms with Gasteiger partial charge in [-0.15, -0.1) is 0 Å². The van der Waals surface area contributed by atoms with Crippen molar-refractivity contribution in [3.63, 3.8) is 0 Å². The SMILES string of the molecule is CCOC(=O)c1ccc(N=Cc2cc(Cl)ccc2OCC)cc1. The molecule has 0 N–H and O–H groups in total. The minimum Gasteiger partial charge on any atom is -0.493 e. The third kappa shape index (κ3) is 4.83. The number of hydrogen-bond acceptors (Lipinski definition) is 4. The Balaban J connectivity index is 2.17. The zero-order chi connectivity index (χ0) is 16.7. The van der Waals surface area contributed by atoms with E-state index in [1.54, 1.807) is 49.5 Å². The fourth-order valence-electron chi connectivity index (χ4n) is 1.95. The van der Waals surface area contributed by atoms with Gasteiger partial charge in [-0.2, -0.15) is 0 Å². The molecule has 0 bridgehead atoms. The fourth-order valence-corrected chi connectivity index (χ4v) is 2.13. The summed E-state index contributed by atoms with van der Waals surface area (Å²) in [4.78, 5) is 16.0. The first kappa shape index (κ1) is 17.0. The Morgan fingerprint density at radius 2 is 1.87 bits per heavy atom. The molecule has 0 aliphatic rings. The molecule has 0 saturated carbocycles. The second-order valence-corrected chi connectivity index (χ2v) is 5.08. The minimum atomic E-state index is -0.337.